The number of hydrogen-bond acceptors (Lipinski definition) is 4. The molecular formula is C33H36BrN3O4S. The fraction of sp³-hybridized carbons (Fsp3) is 0.273. The summed E-state index contributed by atoms with van der Waals surface area (Å²) < 4.78 is 28.4. The maximum absolute atomic E-state index is 14.3. The van der Waals surface area contributed by atoms with Crippen molar-refractivity contribution in [1.29, 1.82) is 0 Å². The zero-order valence-electron chi connectivity index (χ0n) is 23.9. The number of sulfonamides is 1. The molecule has 0 aliphatic carbocycles. The Bertz CT molecular complexity index is 1610. The minimum absolute atomic E-state index is 0.137. The van der Waals surface area contributed by atoms with Gasteiger partial charge in [0.1, 0.15) is 12.6 Å². The lowest BCUT2D eigenvalue weighted by molar-refractivity contribution is -0.140. The van der Waals surface area contributed by atoms with Gasteiger partial charge in [0.2, 0.25) is 21.8 Å². The minimum atomic E-state index is -3.86. The quantitative estimate of drug-likeness (QED) is 0.182. The highest BCUT2D eigenvalue weighted by Crippen LogP contribution is 2.29. The maximum Gasteiger partial charge on any atom is 0.244 e. The largest absolute Gasteiger partial charge is 0.354 e. The van der Waals surface area contributed by atoms with Gasteiger partial charge in [-0.1, -0.05) is 108 Å². The third-order valence-corrected chi connectivity index (χ3v) is 8.74. The first-order valence-electron chi connectivity index (χ1n) is 14.0. The SMILES string of the molecule is CCCCNC(=O)[C@@H](Cc1ccccc1)N(Cc1ccc(Br)cc1)C(=O)CN(c1cccc2ccccc12)S(C)(=O)=O. The summed E-state index contributed by atoms with van der Waals surface area (Å²) in [7, 11) is -3.86. The van der Waals surface area contributed by atoms with Gasteiger partial charge in [-0.05, 0) is 41.1 Å². The average Bonchev–Trinajstić information content (AvgIpc) is 2.98. The summed E-state index contributed by atoms with van der Waals surface area (Å²) in [6.45, 7) is 2.23. The molecule has 2 amide bonds. The molecule has 4 aromatic carbocycles. The van der Waals surface area contributed by atoms with E-state index in [0.29, 0.717) is 12.2 Å². The van der Waals surface area contributed by atoms with Crippen LogP contribution in [0.5, 0.6) is 0 Å². The van der Waals surface area contributed by atoms with E-state index < -0.39 is 28.5 Å². The van der Waals surface area contributed by atoms with Gasteiger partial charge < -0.3 is 10.2 Å². The molecule has 0 aliphatic rings. The second kappa shape index (κ2) is 14.5. The molecule has 0 unspecified atom stereocenters. The monoisotopic (exact) mass is 649 g/mol. The molecule has 0 aromatic heterocycles. The number of amides is 2. The van der Waals surface area contributed by atoms with Crippen molar-refractivity contribution in [1.82, 2.24) is 10.2 Å². The third-order valence-electron chi connectivity index (χ3n) is 7.08. The Balaban J connectivity index is 1.76. The predicted molar refractivity (Wildman–Crippen MR) is 173 cm³/mol. The Hall–Kier alpha value is -3.69. The van der Waals surface area contributed by atoms with Crippen LogP contribution in [0, 0.1) is 0 Å². The number of fused-ring (bicyclic) bond motifs is 1. The number of benzene rings is 4. The molecule has 7 nitrogen and oxygen atoms in total. The van der Waals surface area contributed by atoms with Gasteiger partial charge in [-0.2, -0.15) is 0 Å². The first-order valence-corrected chi connectivity index (χ1v) is 16.6. The predicted octanol–water partition coefficient (Wildman–Crippen LogP) is 5.92. The van der Waals surface area contributed by atoms with Crippen LogP contribution in [0.3, 0.4) is 0 Å². The average molecular weight is 651 g/mol. The minimum Gasteiger partial charge on any atom is -0.354 e. The number of nitrogens with zero attached hydrogens (tertiary/aromatic N) is 2. The molecule has 1 atom stereocenters. The molecule has 0 saturated heterocycles. The number of halogens is 1. The van der Waals surface area contributed by atoms with Crippen LogP contribution >= 0.6 is 15.9 Å². The number of nitrogens with one attached hydrogen (secondary N) is 1. The number of carbonyl (C=O) groups excluding carboxylic acids is 2. The molecule has 4 aromatic rings. The van der Waals surface area contributed by atoms with Crippen LogP contribution in [0.15, 0.2) is 102 Å². The lowest BCUT2D eigenvalue weighted by atomic mass is 10.0. The summed E-state index contributed by atoms with van der Waals surface area (Å²) >= 11 is 3.45. The van der Waals surface area contributed by atoms with Gasteiger partial charge in [-0.3, -0.25) is 13.9 Å². The Morgan fingerprint density at radius 2 is 1.52 bits per heavy atom. The highest BCUT2D eigenvalue weighted by atomic mass is 79.9. The van der Waals surface area contributed by atoms with E-state index in [1.807, 2.05) is 91.9 Å². The van der Waals surface area contributed by atoms with E-state index in [0.717, 1.165) is 49.8 Å². The molecule has 220 valence electrons. The van der Waals surface area contributed by atoms with Gasteiger partial charge in [0, 0.05) is 29.4 Å². The number of anilines is 1. The Kier molecular flexibility index (Phi) is 10.8. The van der Waals surface area contributed by atoms with Gasteiger partial charge in [0.15, 0.2) is 0 Å². The topological polar surface area (TPSA) is 86.8 Å². The molecule has 0 spiro atoms. The lowest BCUT2D eigenvalue weighted by Crippen LogP contribution is -2.53. The number of rotatable bonds is 13. The van der Waals surface area contributed by atoms with Crippen LogP contribution in [0.25, 0.3) is 10.8 Å². The van der Waals surface area contributed by atoms with Crippen LogP contribution in [0.4, 0.5) is 5.69 Å². The van der Waals surface area contributed by atoms with Crippen LogP contribution in [-0.2, 0) is 32.6 Å². The highest BCUT2D eigenvalue weighted by molar-refractivity contribution is 9.10. The van der Waals surface area contributed by atoms with E-state index in [4.69, 9.17) is 0 Å². The Morgan fingerprint density at radius 3 is 2.21 bits per heavy atom. The molecule has 0 fully saturated rings. The fourth-order valence-electron chi connectivity index (χ4n) is 4.87. The molecule has 4 rings (SSSR count). The normalized spacial score (nSPS) is 12.1. The van der Waals surface area contributed by atoms with Crippen molar-refractivity contribution < 1.29 is 18.0 Å². The fourth-order valence-corrected chi connectivity index (χ4v) is 5.99. The van der Waals surface area contributed by atoms with Crippen LogP contribution < -0.4 is 9.62 Å². The van der Waals surface area contributed by atoms with Crippen molar-refractivity contribution in [2.45, 2.75) is 38.8 Å². The summed E-state index contributed by atoms with van der Waals surface area (Å²) in [5.74, 6) is -0.739. The number of unbranched alkanes of at least 4 members (excludes halogenated alkanes) is 1. The molecule has 42 heavy (non-hydrogen) atoms. The van der Waals surface area contributed by atoms with Crippen molar-refractivity contribution in [3.05, 3.63) is 113 Å². The third kappa shape index (κ3) is 8.20. The Morgan fingerprint density at radius 1 is 0.857 bits per heavy atom. The van der Waals surface area contributed by atoms with Crippen molar-refractivity contribution in [3.63, 3.8) is 0 Å². The molecule has 0 heterocycles. The summed E-state index contributed by atoms with van der Waals surface area (Å²) in [4.78, 5) is 29.5. The molecule has 1 N–H and O–H groups in total. The van der Waals surface area contributed by atoms with Crippen molar-refractivity contribution in [2.24, 2.45) is 0 Å². The summed E-state index contributed by atoms with van der Waals surface area (Å²) in [6.07, 6.45) is 3.11. The van der Waals surface area contributed by atoms with Crippen molar-refractivity contribution in [2.75, 3.05) is 23.7 Å². The van der Waals surface area contributed by atoms with E-state index >= 15 is 0 Å². The molecular weight excluding hydrogens is 614 g/mol. The van der Waals surface area contributed by atoms with Gasteiger partial charge in [-0.15, -0.1) is 0 Å². The second-order valence-electron chi connectivity index (χ2n) is 10.3. The van der Waals surface area contributed by atoms with Gasteiger partial charge >= 0.3 is 0 Å². The van der Waals surface area contributed by atoms with Gasteiger partial charge in [0.05, 0.1) is 11.9 Å². The number of carbonyl (C=O) groups is 2. The van der Waals surface area contributed by atoms with Crippen LogP contribution in [-0.4, -0.2) is 50.5 Å². The summed E-state index contributed by atoms with van der Waals surface area (Å²) in [6, 6.07) is 29.1. The van der Waals surface area contributed by atoms with Crippen molar-refractivity contribution in [3.8, 4) is 0 Å². The molecule has 0 aliphatic heterocycles. The van der Waals surface area contributed by atoms with E-state index in [9.17, 15) is 18.0 Å². The molecule has 0 bridgehead atoms. The standard InChI is InChI=1S/C33H36BrN3O4S/c1-3-4-21-35-33(39)31(22-25-11-6-5-7-12-25)36(23-26-17-19-28(34)20-18-26)32(38)24-37(42(2,40)41)30-16-10-14-27-13-8-9-15-29(27)30/h5-20,31H,3-4,21-24H2,1-2H3,(H,35,39)/t31-/m1/s1. The first-order chi connectivity index (χ1) is 20.2. The van der Waals surface area contributed by atoms with Gasteiger partial charge in [0.25, 0.3) is 0 Å². The summed E-state index contributed by atoms with van der Waals surface area (Å²) in [5.41, 5.74) is 2.14. The van der Waals surface area contributed by atoms with Crippen molar-refractivity contribution >= 4 is 54.2 Å². The lowest BCUT2D eigenvalue weighted by Gasteiger charge is -2.33. The highest BCUT2D eigenvalue weighted by Gasteiger charge is 2.33. The molecule has 0 saturated carbocycles. The van der Waals surface area contributed by atoms with E-state index in [1.54, 1.807) is 12.1 Å². The number of hydrogen-bond donors (Lipinski definition) is 1. The van der Waals surface area contributed by atoms with E-state index in [-0.39, 0.29) is 18.9 Å². The second-order valence-corrected chi connectivity index (χ2v) is 13.1. The Labute approximate surface area is 256 Å². The smallest absolute Gasteiger partial charge is 0.244 e. The first kappa shape index (κ1) is 31.3. The zero-order chi connectivity index (χ0) is 30.1. The van der Waals surface area contributed by atoms with Crippen LogP contribution in [0.1, 0.15) is 30.9 Å². The maximum atomic E-state index is 14.3. The zero-order valence-corrected chi connectivity index (χ0v) is 26.3. The van der Waals surface area contributed by atoms with E-state index in [1.165, 1.54) is 4.90 Å². The van der Waals surface area contributed by atoms with Crippen LogP contribution in [0.2, 0.25) is 0 Å². The molecule has 0 radical (unpaired) electrons. The van der Waals surface area contributed by atoms with Gasteiger partial charge in [-0.25, -0.2) is 8.42 Å². The van der Waals surface area contributed by atoms with E-state index in [2.05, 4.69) is 21.2 Å². The molecule has 9 heteroatoms. The summed E-state index contributed by atoms with van der Waals surface area (Å²) in [5, 5.41) is 4.58.